The van der Waals surface area contributed by atoms with Gasteiger partial charge in [-0.3, -0.25) is 9.78 Å². The van der Waals surface area contributed by atoms with Gasteiger partial charge in [-0.05, 0) is 44.3 Å². The lowest BCUT2D eigenvalue weighted by Crippen LogP contribution is -2.44. The fourth-order valence-corrected chi connectivity index (χ4v) is 3.99. The van der Waals surface area contributed by atoms with Crippen LogP contribution < -0.4 is 20.7 Å². The van der Waals surface area contributed by atoms with Gasteiger partial charge in [-0.25, -0.2) is 4.39 Å². The molecule has 0 spiro atoms. The summed E-state index contributed by atoms with van der Waals surface area (Å²) in [4.78, 5) is 21.2. The summed E-state index contributed by atoms with van der Waals surface area (Å²) in [5.41, 5.74) is 8.47. The summed E-state index contributed by atoms with van der Waals surface area (Å²) in [5.74, 6) is -0.452. The Bertz CT molecular complexity index is 1160. The van der Waals surface area contributed by atoms with E-state index in [1.807, 2.05) is 19.1 Å². The molecule has 9 heteroatoms. The van der Waals surface area contributed by atoms with Gasteiger partial charge < -0.3 is 25.6 Å². The van der Waals surface area contributed by atoms with Crippen LogP contribution in [0.1, 0.15) is 17.3 Å². The summed E-state index contributed by atoms with van der Waals surface area (Å²) in [6.07, 6.45) is 1.45. The maximum atomic E-state index is 13.6. The third kappa shape index (κ3) is 4.42. The summed E-state index contributed by atoms with van der Waals surface area (Å²) >= 11 is 5.94. The first-order chi connectivity index (χ1) is 15.4. The number of benzene rings is 2. The van der Waals surface area contributed by atoms with Crippen molar-refractivity contribution in [3.8, 4) is 5.75 Å². The highest BCUT2D eigenvalue weighted by atomic mass is 35.5. The number of aromatic nitrogens is 1. The molecule has 0 atom stereocenters. The molecule has 2 heterocycles. The van der Waals surface area contributed by atoms with Crippen LogP contribution in [-0.4, -0.2) is 55.6 Å². The summed E-state index contributed by atoms with van der Waals surface area (Å²) in [6, 6.07) is 8.10. The Balaban J connectivity index is 1.85. The quantitative estimate of drug-likeness (QED) is 0.581. The van der Waals surface area contributed by atoms with Gasteiger partial charge in [-0.1, -0.05) is 11.6 Å². The highest BCUT2D eigenvalue weighted by molar-refractivity contribution is 6.31. The highest BCUT2D eigenvalue weighted by Gasteiger charge is 2.21. The molecule has 7 nitrogen and oxygen atoms in total. The summed E-state index contributed by atoms with van der Waals surface area (Å²) in [5, 5.41) is 3.81. The number of likely N-dealkylation sites (N-methyl/N-ethyl adjacent to an activating group) is 1. The second-order valence-electron chi connectivity index (χ2n) is 7.73. The SMILES string of the molecule is CCOc1cc2c(Nc3ccc(F)c(Cl)c3)c(C(N)=O)cnc2cc1N1CCN(C)CC1. The van der Waals surface area contributed by atoms with Gasteiger partial charge in [0.15, 0.2) is 0 Å². The Kier molecular flexibility index (Phi) is 6.34. The molecular weight excluding hydrogens is 433 g/mol. The first kappa shape index (κ1) is 22.1. The Morgan fingerprint density at radius 2 is 2.00 bits per heavy atom. The minimum absolute atomic E-state index is 0.0265. The zero-order valence-electron chi connectivity index (χ0n) is 18.0. The number of amides is 1. The number of hydrogen-bond donors (Lipinski definition) is 2. The van der Waals surface area contributed by atoms with Crippen LogP contribution in [0.25, 0.3) is 10.9 Å². The normalized spacial score (nSPS) is 14.6. The van der Waals surface area contributed by atoms with E-state index in [4.69, 9.17) is 22.1 Å². The number of rotatable bonds is 6. The number of piperazine rings is 1. The minimum Gasteiger partial charge on any atom is -0.492 e. The van der Waals surface area contributed by atoms with Gasteiger partial charge in [0.05, 0.1) is 34.1 Å². The van der Waals surface area contributed by atoms with Gasteiger partial charge in [-0.15, -0.1) is 0 Å². The van der Waals surface area contributed by atoms with Crippen LogP contribution in [0.15, 0.2) is 36.5 Å². The number of pyridine rings is 1. The Morgan fingerprint density at radius 1 is 1.25 bits per heavy atom. The monoisotopic (exact) mass is 457 g/mol. The van der Waals surface area contributed by atoms with Crippen molar-refractivity contribution in [1.29, 1.82) is 0 Å². The predicted molar refractivity (Wildman–Crippen MR) is 126 cm³/mol. The van der Waals surface area contributed by atoms with E-state index < -0.39 is 11.7 Å². The van der Waals surface area contributed by atoms with E-state index in [0.29, 0.717) is 34.6 Å². The van der Waals surface area contributed by atoms with Crippen molar-refractivity contribution in [3.05, 3.63) is 52.9 Å². The Hall–Kier alpha value is -3.10. The molecule has 1 fully saturated rings. The largest absolute Gasteiger partial charge is 0.492 e. The molecule has 168 valence electrons. The molecule has 0 radical (unpaired) electrons. The van der Waals surface area contributed by atoms with Gasteiger partial charge in [0.25, 0.3) is 5.91 Å². The van der Waals surface area contributed by atoms with Crippen LogP contribution in [-0.2, 0) is 0 Å². The third-order valence-electron chi connectivity index (χ3n) is 5.55. The number of nitrogens with two attached hydrogens (primary N) is 1. The smallest absolute Gasteiger partial charge is 0.252 e. The third-order valence-corrected chi connectivity index (χ3v) is 5.84. The predicted octanol–water partition coefficient (Wildman–Crippen LogP) is 4.02. The van der Waals surface area contributed by atoms with E-state index in [1.165, 1.54) is 18.3 Å². The van der Waals surface area contributed by atoms with Crippen molar-refractivity contribution in [3.63, 3.8) is 0 Å². The van der Waals surface area contributed by atoms with Crippen LogP contribution in [0.5, 0.6) is 5.75 Å². The molecule has 0 unspecified atom stereocenters. The number of nitrogens with zero attached hydrogens (tertiary/aromatic N) is 3. The maximum Gasteiger partial charge on any atom is 0.252 e. The first-order valence-corrected chi connectivity index (χ1v) is 10.8. The summed E-state index contributed by atoms with van der Waals surface area (Å²) in [6.45, 7) is 6.08. The number of fused-ring (bicyclic) bond motifs is 1. The van der Waals surface area contributed by atoms with E-state index in [-0.39, 0.29) is 10.6 Å². The molecule has 0 saturated carbocycles. The van der Waals surface area contributed by atoms with E-state index in [1.54, 1.807) is 6.07 Å². The van der Waals surface area contributed by atoms with Crippen LogP contribution in [0.4, 0.5) is 21.5 Å². The number of hydrogen-bond acceptors (Lipinski definition) is 6. The van der Waals surface area contributed by atoms with E-state index in [9.17, 15) is 9.18 Å². The molecule has 1 aliphatic heterocycles. The molecule has 32 heavy (non-hydrogen) atoms. The van der Waals surface area contributed by atoms with Crippen molar-refractivity contribution < 1.29 is 13.9 Å². The van der Waals surface area contributed by atoms with Gasteiger partial charge in [-0.2, -0.15) is 0 Å². The Labute approximate surface area is 190 Å². The number of anilines is 3. The topological polar surface area (TPSA) is 83.7 Å². The fourth-order valence-electron chi connectivity index (χ4n) is 3.81. The van der Waals surface area contributed by atoms with Gasteiger partial charge in [0.2, 0.25) is 0 Å². The second kappa shape index (κ2) is 9.18. The maximum absolute atomic E-state index is 13.6. The molecular formula is C23H25ClFN5O2. The van der Waals surface area contributed by atoms with Crippen molar-refractivity contribution in [2.24, 2.45) is 5.73 Å². The lowest BCUT2D eigenvalue weighted by molar-refractivity contribution is 0.100. The Morgan fingerprint density at radius 3 is 2.66 bits per heavy atom. The molecule has 1 saturated heterocycles. The summed E-state index contributed by atoms with van der Waals surface area (Å²) in [7, 11) is 2.10. The highest BCUT2D eigenvalue weighted by Crippen LogP contribution is 2.38. The number of primary amides is 1. The standard InChI is InChI=1S/C23H25ClFN5O2/c1-3-32-21-11-15-19(12-20(21)30-8-6-29(2)7-9-30)27-13-16(23(26)31)22(15)28-14-4-5-18(25)17(24)10-14/h4-5,10-13H,3,6-9H2,1-2H3,(H2,26,31)(H,27,28). The van der Waals surface area contributed by atoms with Crippen molar-refractivity contribution in [2.45, 2.75) is 6.92 Å². The zero-order valence-corrected chi connectivity index (χ0v) is 18.7. The molecule has 0 bridgehead atoms. The van der Waals surface area contributed by atoms with E-state index >= 15 is 0 Å². The first-order valence-electron chi connectivity index (χ1n) is 10.4. The second-order valence-corrected chi connectivity index (χ2v) is 8.13. The average Bonchev–Trinajstić information content (AvgIpc) is 2.77. The molecule has 1 aliphatic rings. The van der Waals surface area contributed by atoms with Crippen molar-refractivity contribution in [1.82, 2.24) is 9.88 Å². The van der Waals surface area contributed by atoms with Crippen LogP contribution in [0, 0.1) is 5.82 Å². The fraction of sp³-hybridized carbons (Fsp3) is 0.304. The van der Waals surface area contributed by atoms with E-state index in [2.05, 4.69) is 27.1 Å². The molecule has 3 N–H and O–H groups in total. The van der Waals surface area contributed by atoms with Gasteiger partial charge >= 0.3 is 0 Å². The van der Waals surface area contributed by atoms with Gasteiger partial charge in [0.1, 0.15) is 11.6 Å². The van der Waals surface area contributed by atoms with Crippen LogP contribution in [0.2, 0.25) is 5.02 Å². The molecule has 3 aromatic rings. The van der Waals surface area contributed by atoms with Gasteiger partial charge in [0, 0.05) is 43.4 Å². The minimum atomic E-state index is -0.629. The lowest BCUT2D eigenvalue weighted by Gasteiger charge is -2.35. The molecule has 2 aromatic carbocycles. The zero-order chi connectivity index (χ0) is 22.8. The van der Waals surface area contributed by atoms with Crippen molar-refractivity contribution >= 4 is 45.5 Å². The summed E-state index contributed by atoms with van der Waals surface area (Å²) < 4.78 is 19.6. The van der Waals surface area contributed by atoms with Crippen molar-refractivity contribution in [2.75, 3.05) is 50.1 Å². The lowest BCUT2D eigenvalue weighted by atomic mass is 10.1. The van der Waals surface area contributed by atoms with Crippen LogP contribution >= 0.6 is 11.6 Å². The number of carbonyl (C=O) groups is 1. The van der Waals surface area contributed by atoms with Crippen LogP contribution in [0.3, 0.4) is 0 Å². The van der Waals surface area contributed by atoms with E-state index in [0.717, 1.165) is 31.9 Å². The number of carbonyl (C=O) groups excluding carboxylic acids is 1. The number of nitrogens with one attached hydrogen (secondary N) is 1. The molecule has 1 aromatic heterocycles. The molecule has 4 rings (SSSR count). The molecule has 0 aliphatic carbocycles. The molecule has 1 amide bonds. The number of halogens is 2. The number of ether oxygens (including phenoxy) is 1. The average molecular weight is 458 g/mol.